The quantitative estimate of drug-likeness (QED) is 0.625. The highest BCUT2D eigenvalue weighted by Crippen LogP contribution is 2.14. The molecular formula is C18H19NO3. The van der Waals surface area contributed by atoms with E-state index in [0.717, 1.165) is 17.1 Å². The lowest BCUT2D eigenvalue weighted by molar-refractivity contribution is -0.117. The predicted octanol–water partition coefficient (Wildman–Crippen LogP) is 3.74. The number of carbonyl (C=O) groups is 1. The minimum Gasteiger partial charge on any atom is -0.490 e. The average molecular weight is 297 g/mol. The molecule has 1 N–H and O–H groups in total. The van der Waals surface area contributed by atoms with Crippen LogP contribution in [-0.2, 0) is 4.79 Å². The molecule has 0 unspecified atom stereocenters. The zero-order valence-electron chi connectivity index (χ0n) is 12.5. The Kier molecular flexibility index (Phi) is 5.60. The summed E-state index contributed by atoms with van der Waals surface area (Å²) in [7, 11) is 0. The van der Waals surface area contributed by atoms with Crippen LogP contribution in [0, 0.1) is 0 Å². The van der Waals surface area contributed by atoms with Crippen molar-refractivity contribution in [3.8, 4) is 5.75 Å². The third-order valence-electron chi connectivity index (χ3n) is 3.00. The standard InChI is InChI=1S/C18H19NO3/c1-3-12-21-16-9-6-15(7-10-16)8-11-18(20)19-14(2)17-5-4-13-22-17/h3-11,13-14H,1,12H2,2H3,(H,19,20)/b11-8+/t14-/m1/s1. The van der Waals surface area contributed by atoms with Crippen LogP contribution in [-0.4, -0.2) is 12.5 Å². The van der Waals surface area contributed by atoms with E-state index in [1.165, 1.54) is 6.08 Å². The molecule has 1 amide bonds. The lowest BCUT2D eigenvalue weighted by Crippen LogP contribution is -2.24. The van der Waals surface area contributed by atoms with Crippen LogP contribution in [0.4, 0.5) is 0 Å². The van der Waals surface area contributed by atoms with E-state index in [1.54, 1.807) is 24.5 Å². The molecule has 1 aromatic heterocycles. The van der Waals surface area contributed by atoms with E-state index >= 15 is 0 Å². The van der Waals surface area contributed by atoms with Crippen LogP contribution in [0.2, 0.25) is 0 Å². The normalized spacial score (nSPS) is 12.0. The lowest BCUT2D eigenvalue weighted by Gasteiger charge is -2.09. The number of amides is 1. The second kappa shape index (κ2) is 7.88. The first-order valence-corrected chi connectivity index (χ1v) is 7.05. The maximum Gasteiger partial charge on any atom is 0.244 e. The molecule has 22 heavy (non-hydrogen) atoms. The lowest BCUT2D eigenvalue weighted by atomic mass is 10.2. The van der Waals surface area contributed by atoms with Crippen molar-refractivity contribution in [2.24, 2.45) is 0 Å². The van der Waals surface area contributed by atoms with Gasteiger partial charge in [0.2, 0.25) is 5.91 Å². The molecule has 1 aromatic carbocycles. The van der Waals surface area contributed by atoms with Crippen molar-refractivity contribution in [3.05, 3.63) is 72.7 Å². The van der Waals surface area contributed by atoms with Crippen molar-refractivity contribution in [1.29, 1.82) is 0 Å². The smallest absolute Gasteiger partial charge is 0.244 e. The summed E-state index contributed by atoms with van der Waals surface area (Å²) >= 11 is 0. The Bertz CT molecular complexity index is 627. The van der Waals surface area contributed by atoms with E-state index in [0.29, 0.717) is 6.61 Å². The highest BCUT2D eigenvalue weighted by Gasteiger charge is 2.09. The van der Waals surface area contributed by atoms with E-state index < -0.39 is 0 Å². The first-order valence-electron chi connectivity index (χ1n) is 7.05. The SMILES string of the molecule is C=CCOc1ccc(/C=C/C(=O)N[C@H](C)c2ccco2)cc1. The Labute approximate surface area is 130 Å². The first kappa shape index (κ1) is 15.6. The Morgan fingerprint density at radius 2 is 2.14 bits per heavy atom. The molecule has 0 fully saturated rings. The number of hydrogen-bond donors (Lipinski definition) is 1. The topological polar surface area (TPSA) is 51.5 Å². The molecule has 2 rings (SSSR count). The Morgan fingerprint density at radius 1 is 1.36 bits per heavy atom. The fourth-order valence-electron chi connectivity index (χ4n) is 1.87. The number of benzene rings is 1. The van der Waals surface area contributed by atoms with Crippen LogP contribution in [0.5, 0.6) is 5.75 Å². The molecule has 2 aromatic rings. The summed E-state index contributed by atoms with van der Waals surface area (Å²) < 4.78 is 10.6. The summed E-state index contributed by atoms with van der Waals surface area (Å²) in [5, 5.41) is 2.84. The molecule has 0 aliphatic rings. The molecule has 1 heterocycles. The Morgan fingerprint density at radius 3 is 2.77 bits per heavy atom. The molecule has 0 aliphatic heterocycles. The molecule has 114 valence electrons. The Balaban J connectivity index is 1.88. The summed E-state index contributed by atoms with van der Waals surface area (Å²) in [6.07, 6.45) is 6.53. The van der Waals surface area contributed by atoms with Gasteiger partial charge >= 0.3 is 0 Å². The first-order chi connectivity index (χ1) is 10.7. The summed E-state index contributed by atoms with van der Waals surface area (Å²) in [6.45, 7) is 5.94. The van der Waals surface area contributed by atoms with E-state index in [9.17, 15) is 4.79 Å². The molecule has 0 aliphatic carbocycles. The summed E-state index contributed by atoms with van der Waals surface area (Å²) in [4.78, 5) is 11.9. The molecule has 0 saturated carbocycles. The highest BCUT2D eigenvalue weighted by molar-refractivity contribution is 5.91. The summed E-state index contributed by atoms with van der Waals surface area (Å²) in [5.74, 6) is 1.33. The van der Waals surface area contributed by atoms with Crippen molar-refractivity contribution in [3.63, 3.8) is 0 Å². The number of ether oxygens (including phenoxy) is 1. The van der Waals surface area contributed by atoms with Gasteiger partial charge in [-0.05, 0) is 42.8 Å². The van der Waals surface area contributed by atoms with Crippen molar-refractivity contribution in [2.45, 2.75) is 13.0 Å². The van der Waals surface area contributed by atoms with E-state index in [-0.39, 0.29) is 11.9 Å². The molecule has 1 atom stereocenters. The number of furan rings is 1. The van der Waals surface area contributed by atoms with Crippen LogP contribution >= 0.6 is 0 Å². The van der Waals surface area contributed by atoms with Gasteiger partial charge in [0.25, 0.3) is 0 Å². The van der Waals surface area contributed by atoms with Gasteiger partial charge in [-0.25, -0.2) is 0 Å². The monoisotopic (exact) mass is 297 g/mol. The van der Waals surface area contributed by atoms with Gasteiger partial charge in [-0.3, -0.25) is 4.79 Å². The second-order valence-corrected chi connectivity index (χ2v) is 4.75. The van der Waals surface area contributed by atoms with Crippen LogP contribution < -0.4 is 10.1 Å². The van der Waals surface area contributed by atoms with Crippen LogP contribution in [0.1, 0.15) is 24.3 Å². The minimum atomic E-state index is -0.170. The van der Waals surface area contributed by atoms with Crippen LogP contribution in [0.25, 0.3) is 6.08 Å². The van der Waals surface area contributed by atoms with Gasteiger partial charge in [0.1, 0.15) is 18.1 Å². The maximum atomic E-state index is 11.9. The molecule has 0 bridgehead atoms. The zero-order chi connectivity index (χ0) is 15.8. The largest absolute Gasteiger partial charge is 0.490 e. The summed E-state index contributed by atoms with van der Waals surface area (Å²) in [6, 6.07) is 10.9. The van der Waals surface area contributed by atoms with Gasteiger partial charge in [0.05, 0.1) is 12.3 Å². The van der Waals surface area contributed by atoms with Crippen LogP contribution in [0.15, 0.2) is 65.8 Å². The second-order valence-electron chi connectivity index (χ2n) is 4.75. The third kappa shape index (κ3) is 4.66. The van der Waals surface area contributed by atoms with Gasteiger partial charge in [0.15, 0.2) is 0 Å². The van der Waals surface area contributed by atoms with Crippen molar-refractivity contribution >= 4 is 12.0 Å². The number of nitrogens with one attached hydrogen (secondary N) is 1. The van der Waals surface area contributed by atoms with Gasteiger partial charge in [0, 0.05) is 6.08 Å². The zero-order valence-corrected chi connectivity index (χ0v) is 12.5. The van der Waals surface area contributed by atoms with Crippen molar-refractivity contribution in [1.82, 2.24) is 5.32 Å². The third-order valence-corrected chi connectivity index (χ3v) is 3.00. The minimum absolute atomic E-state index is 0.165. The average Bonchev–Trinajstić information content (AvgIpc) is 3.06. The maximum absolute atomic E-state index is 11.9. The number of rotatable bonds is 7. The van der Waals surface area contributed by atoms with Gasteiger partial charge < -0.3 is 14.5 Å². The van der Waals surface area contributed by atoms with Gasteiger partial charge in [-0.2, -0.15) is 0 Å². The fourth-order valence-corrected chi connectivity index (χ4v) is 1.87. The predicted molar refractivity (Wildman–Crippen MR) is 86.4 cm³/mol. The molecular weight excluding hydrogens is 278 g/mol. The molecule has 0 radical (unpaired) electrons. The number of hydrogen-bond acceptors (Lipinski definition) is 3. The molecule has 0 saturated heterocycles. The number of carbonyl (C=O) groups excluding carboxylic acids is 1. The highest BCUT2D eigenvalue weighted by atomic mass is 16.5. The van der Waals surface area contributed by atoms with Crippen LogP contribution in [0.3, 0.4) is 0 Å². The molecule has 0 spiro atoms. The van der Waals surface area contributed by atoms with Gasteiger partial charge in [-0.1, -0.05) is 24.8 Å². The van der Waals surface area contributed by atoms with Crippen molar-refractivity contribution < 1.29 is 13.9 Å². The van der Waals surface area contributed by atoms with Crippen molar-refractivity contribution in [2.75, 3.05) is 6.61 Å². The van der Waals surface area contributed by atoms with E-state index in [2.05, 4.69) is 11.9 Å². The molecule has 4 heteroatoms. The summed E-state index contributed by atoms with van der Waals surface area (Å²) in [5.41, 5.74) is 0.923. The van der Waals surface area contributed by atoms with Gasteiger partial charge in [-0.15, -0.1) is 0 Å². The fraction of sp³-hybridized carbons (Fsp3) is 0.167. The molecule has 4 nitrogen and oxygen atoms in total. The Hall–Kier alpha value is -2.75. The van der Waals surface area contributed by atoms with E-state index in [4.69, 9.17) is 9.15 Å². The van der Waals surface area contributed by atoms with E-state index in [1.807, 2.05) is 37.3 Å².